The summed E-state index contributed by atoms with van der Waals surface area (Å²) in [6, 6.07) is 5.84. The van der Waals surface area contributed by atoms with Crippen LogP contribution >= 0.6 is 0 Å². The number of fused-ring (bicyclic) bond motifs is 1. The van der Waals surface area contributed by atoms with Crippen molar-refractivity contribution in [3.63, 3.8) is 0 Å². The van der Waals surface area contributed by atoms with Gasteiger partial charge < -0.3 is 5.32 Å². The quantitative estimate of drug-likeness (QED) is 0.803. The van der Waals surface area contributed by atoms with Gasteiger partial charge in [0.1, 0.15) is 0 Å². The molecule has 3 aromatic heterocycles. The normalized spacial score (nSPS) is 10.8. The van der Waals surface area contributed by atoms with Crippen molar-refractivity contribution in [2.75, 3.05) is 5.32 Å². The maximum Gasteiger partial charge on any atom is 0.225 e. The Morgan fingerprint density at radius 2 is 2.18 bits per heavy atom. The van der Waals surface area contributed by atoms with Gasteiger partial charge in [0.15, 0.2) is 11.5 Å². The molecule has 0 radical (unpaired) electrons. The summed E-state index contributed by atoms with van der Waals surface area (Å²) in [5.41, 5.74) is 2.66. The Labute approximate surface area is 128 Å². The molecule has 0 atom stereocenters. The van der Waals surface area contributed by atoms with Crippen LogP contribution in [-0.2, 0) is 11.8 Å². The van der Waals surface area contributed by atoms with E-state index in [0.29, 0.717) is 12.2 Å². The molecule has 0 unspecified atom stereocenters. The zero-order valence-electron chi connectivity index (χ0n) is 12.6. The number of hydrogen-bond acceptors (Lipinski definition) is 4. The average molecular weight is 295 g/mol. The van der Waals surface area contributed by atoms with E-state index < -0.39 is 0 Å². The molecule has 0 aliphatic heterocycles. The van der Waals surface area contributed by atoms with Crippen molar-refractivity contribution in [2.24, 2.45) is 7.05 Å². The van der Waals surface area contributed by atoms with E-state index >= 15 is 0 Å². The van der Waals surface area contributed by atoms with Crippen LogP contribution in [0.3, 0.4) is 0 Å². The molecule has 0 aromatic carbocycles. The van der Waals surface area contributed by atoms with Crippen molar-refractivity contribution < 1.29 is 4.79 Å². The molecule has 0 saturated carbocycles. The SMILES string of the molecule is CCCC(=O)Nc1nn(C)c2ncc(-c3cccnc3)cc12. The standard InChI is InChI=1S/C16H17N5O/c1-3-5-14(22)19-15-13-8-12(11-6-4-7-17-9-11)10-18-16(13)21(2)20-15/h4,6-10H,3,5H2,1-2H3,(H,19,20,22). The van der Waals surface area contributed by atoms with Gasteiger partial charge in [0.25, 0.3) is 0 Å². The monoisotopic (exact) mass is 295 g/mol. The molecule has 0 saturated heterocycles. The maximum absolute atomic E-state index is 11.8. The fraction of sp³-hybridized carbons (Fsp3) is 0.250. The number of rotatable bonds is 4. The first-order chi connectivity index (χ1) is 10.7. The summed E-state index contributed by atoms with van der Waals surface area (Å²) in [6.07, 6.45) is 6.59. The largest absolute Gasteiger partial charge is 0.309 e. The van der Waals surface area contributed by atoms with Gasteiger partial charge in [-0.15, -0.1) is 0 Å². The summed E-state index contributed by atoms with van der Waals surface area (Å²) in [6.45, 7) is 1.97. The van der Waals surface area contributed by atoms with Gasteiger partial charge in [0.2, 0.25) is 5.91 Å². The van der Waals surface area contributed by atoms with E-state index in [1.807, 2.05) is 32.2 Å². The first-order valence-electron chi connectivity index (χ1n) is 7.22. The van der Waals surface area contributed by atoms with Crippen LogP contribution in [0.1, 0.15) is 19.8 Å². The van der Waals surface area contributed by atoms with Gasteiger partial charge in [0, 0.05) is 43.2 Å². The number of anilines is 1. The van der Waals surface area contributed by atoms with Crippen LogP contribution in [-0.4, -0.2) is 25.7 Å². The summed E-state index contributed by atoms with van der Waals surface area (Å²) in [4.78, 5) is 20.4. The number of pyridine rings is 2. The Morgan fingerprint density at radius 1 is 1.32 bits per heavy atom. The highest BCUT2D eigenvalue weighted by Crippen LogP contribution is 2.26. The lowest BCUT2D eigenvalue weighted by Crippen LogP contribution is -2.11. The van der Waals surface area contributed by atoms with Gasteiger partial charge in [-0.05, 0) is 18.6 Å². The highest BCUT2D eigenvalue weighted by atomic mass is 16.1. The van der Waals surface area contributed by atoms with Crippen LogP contribution in [0.2, 0.25) is 0 Å². The third-order valence-corrected chi connectivity index (χ3v) is 3.41. The van der Waals surface area contributed by atoms with Gasteiger partial charge in [-0.2, -0.15) is 5.10 Å². The van der Waals surface area contributed by atoms with Crippen LogP contribution in [0.15, 0.2) is 36.8 Å². The topological polar surface area (TPSA) is 72.7 Å². The lowest BCUT2D eigenvalue weighted by atomic mass is 10.1. The lowest BCUT2D eigenvalue weighted by molar-refractivity contribution is -0.116. The first kappa shape index (κ1) is 14.2. The zero-order chi connectivity index (χ0) is 15.5. The molecule has 6 heteroatoms. The van der Waals surface area contributed by atoms with E-state index in [0.717, 1.165) is 28.6 Å². The van der Waals surface area contributed by atoms with E-state index in [-0.39, 0.29) is 5.91 Å². The lowest BCUT2D eigenvalue weighted by Gasteiger charge is -2.03. The van der Waals surface area contributed by atoms with E-state index in [4.69, 9.17) is 0 Å². The highest BCUT2D eigenvalue weighted by Gasteiger charge is 2.13. The van der Waals surface area contributed by atoms with E-state index in [2.05, 4.69) is 20.4 Å². The molecule has 0 aliphatic rings. The first-order valence-corrected chi connectivity index (χ1v) is 7.22. The Bertz CT molecular complexity index is 810. The number of nitrogens with zero attached hydrogens (tertiary/aromatic N) is 4. The molecule has 112 valence electrons. The Morgan fingerprint density at radius 3 is 2.91 bits per heavy atom. The Balaban J connectivity index is 2.04. The summed E-state index contributed by atoms with van der Waals surface area (Å²) in [7, 11) is 1.81. The molecule has 3 rings (SSSR count). The molecule has 6 nitrogen and oxygen atoms in total. The number of aromatic nitrogens is 4. The Kier molecular flexibility index (Phi) is 3.82. The molecule has 0 fully saturated rings. The third kappa shape index (κ3) is 2.67. The molecule has 1 amide bonds. The molecule has 0 spiro atoms. The van der Waals surface area contributed by atoms with Crippen LogP contribution < -0.4 is 5.32 Å². The van der Waals surface area contributed by atoms with Crippen molar-refractivity contribution in [2.45, 2.75) is 19.8 Å². The second-order valence-electron chi connectivity index (χ2n) is 5.11. The predicted octanol–water partition coefficient (Wildman–Crippen LogP) is 2.77. The fourth-order valence-electron chi connectivity index (χ4n) is 2.35. The molecular formula is C16H17N5O. The second-order valence-corrected chi connectivity index (χ2v) is 5.11. The van der Waals surface area contributed by atoms with Crippen LogP contribution in [0.25, 0.3) is 22.2 Å². The Hall–Kier alpha value is -2.76. The van der Waals surface area contributed by atoms with Crippen molar-refractivity contribution >= 4 is 22.8 Å². The average Bonchev–Trinajstić information content (AvgIpc) is 2.84. The van der Waals surface area contributed by atoms with Crippen LogP contribution in [0.5, 0.6) is 0 Å². The van der Waals surface area contributed by atoms with Gasteiger partial charge in [-0.25, -0.2) is 9.67 Å². The number of aryl methyl sites for hydroxylation is 1. The molecule has 0 aliphatic carbocycles. The molecular weight excluding hydrogens is 278 g/mol. The smallest absolute Gasteiger partial charge is 0.225 e. The maximum atomic E-state index is 11.8. The minimum Gasteiger partial charge on any atom is -0.309 e. The van der Waals surface area contributed by atoms with Crippen LogP contribution in [0, 0.1) is 0 Å². The van der Waals surface area contributed by atoms with E-state index in [1.54, 1.807) is 23.3 Å². The van der Waals surface area contributed by atoms with Gasteiger partial charge >= 0.3 is 0 Å². The summed E-state index contributed by atoms with van der Waals surface area (Å²) < 4.78 is 1.67. The predicted molar refractivity (Wildman–Crippen MR) is 85.3 cm³/mol. The van der Waals surface area contributed by atoms with Crippen molar-refractivity contribution in [1.82, 2.24) is 19.7 Å². The molecule has 1 N–H and O–H groups in total. The fourth-order valence-corrected chi connectivity index (χ4v) is 2.35. The third-order valence-electron chi connectivity index (χ3n) is 3.41. The van der Waals surface area contributed by atoms with E-state index in [9.17, 15) is 4.79 Å². The van der Waals surface area contributed by atoms with Crippen molar-refractivity contribution in [1.29, 1.82) is 0 Å². The van der Waals surface area contributed by atoms with E-state index in [1.165, 1.54) is 0 Å². The number of nitrogens with one attached hydrogen (secondary N) is 1. The number of hydrogen-bond donors (Lipinski definition) is 1. The summed E-state index contributed by atoms with van der Waals surface area (Å²) in [5, 5.41) is 8.04. The number of amides is 1. The molecule has 3 aromatic rings. The van der Waals surface area contributed by atoms with Crippen molar-refractivity contribution in [3.05, 3.63) is 36.8 Å². The summed E-state index contributed by atoms with van der Waals surface area (Å²) >= 11 is 0. The van der Waals surface area contributed by atoms with Crippen LogP contribution in [0.4, 0.5) is 5.82 Å². The molecule has 3 heterocycles. The van der Waals surface area contributed by atoms with Crippen molar-refractivity contribution in [3.8, 4) is 11.1 Å². The molecule has 22 heavy (non-hydrogen) atoms. The van der Waals surface area contributed by atoms with Gasteiger partial charge in [-0.3, -0.25) is 9.78 Å². The zero-order valence-corrected chi connectivity index (χ0v) is 12.6. The second kappa shape index (κ2) is 5.93. The minimum atomic E-state index is -0.0331. The minimum absolute atomic E-state index is 0.0331. The number of carbonyl (C=O) groups is 1. The summed E-state index contributed by atoms with van der Waals surface area (Å²) in [5.74, 6) is 0.517. The molecule has 0 bridgehead atoms. The van der Waals surface area contributed by atoms with Gasteiger partial charge in [0.05, 0.1) is 5.39 Å². The van der Waals surface area contributed by atoms with Gasteiger partial charge in [-0.1, -0.05) is 13.0 Å². The highest BCUT2D eigenvalue weighted by molar-refractivity contribution is 5.99. The number of carbonyl (C=O) groups excluding carboxylic acids is 1.